The first kappa shape index (κ1) is 17.7. The standard InChI is InChI=1S/C18H35N3O/c1-14(2)12-21-13-16(11-17(21)18(22)19-3)20-15-9-7-5-4-6-8-10-15/h14-17,20H,4-13H2,1-3H3,(H,19,22)/t16-,17+/m1/s1. The molecule has 2 rings (SSSR count). The Hall–Kier alpha value is -0.610. The molecule has 0 bridgehead atoms. The first-order valence-corrected chi connectivity index (χ1v) is 9.31. The average Bonchev–Trinajstić information content (AvgIpc) is 2.82. The maximum absolute atomic E-state index is 12.2. The van der Waals surface area contributed by atoms with Crippen molar-refractivity contribution in [2.24, 2.45) is 5.92 Å². The second-order valence-corrected chi connectivity index (χ2v) is 7.62. The van der Waals surface area contributed by atoms with Gasteiger partial charge in [-0.3, -0.25) is 9.69 Å². The summed E-state index contributed by atoms with van der Waals surface area (Å²) in [4.78, 5) is 14.5. The Labute approximate surface area is 136 Å². The van der Waals surface area contributed by atoms with Crippen molar-refractivity contribution in [1.29, 1.82) is 0 Å². The molecular weight excluding hydrogens is 274 g/mol. The van der Waals surface area contributed by atoms with Crippen LogP contribution in [0.15, 0.2) is 0 Å². The monoisotopic (exact) mass is 309 g/mol. The number of likely N-dealkylation sites (N-methyl/N-ethyl adjacent to an activating group) is 1. The molecule has 2 aliphatic rings. The van der Waals surface area contributed by atoms with E-state index in [1.165, 1.54) is 44.9 Å². The van der Waals surface area contributed by atoms with Crippen LogP contribution in [0.3, 0.4) is 0 Å². The number of rotatable bonds is 5. The summed E-state index contributed by atoms with van der Waals surface area (Å²) < 4.78 is 0. The van der Waals surface area contributed by atoms with Gasteiger partial charge in [-0.15, -0.1) is 0 Å². The highest BCUT2D eigenvalue weighted by Gasteiger charge is 2.37. The van der Waals surface area contributed by atoms with Crippen molar-refractivity contribution in [2.75, 3.05) is 20.1 Å². The second kappa shape index (κ2) is 8.88. The molecule has 1 saturated carbocycles. The largest absolute Gasteiger partial charge is 0.358 e. The quantitative estimate of drug-likeness (QED) is 0.820. The van der Waals surface area contributed by atoms with E-state index in [1.807, 2.05) is 0 Å². The van der Waals surface area contributed by atoms with E-state index in [-0.39, 0.29) is 11.9 Å². The summed E-state index contributed by atoms with van der Waals surface area (Å²) in [6, 6.07) is 1.19. The molecule has 1 aliphatic carbocycles. The molecule has 2 N–H and O–H groups in total. The third kappa shape index (κ3) is 5.24. The Morgan fingerprint density at radius 1 is 1.09 bits per heavy atom. The number of carbonyl (C=O) groups excluding carboxylic acids is 1. The molecule has 22 heavy (non-hydrogen) atoms. The van der Waals surface area contributed by atoms with Gasteiger partial charge in [-0.05, 0) is 25.2 Å². The van der Waals surface area contributed by atoms with E-state index in [0.717, 1.165) is 19.5 Å². The van der Waals surface area contributed by atoms with Crippen molar-refractivity contribution in [3.63, 3.8) is 0 Å². The normalized spacial score (nSPS) is 28.5. The second-order valence-electron chi connectivity index (χ2n) is 7.62. The van der Waals surface area contributed by atoms with Crippen LogP contribution in [0.5, 0.6) is 0 Å². The fourth-order valence-electron chi connectivity index (χ4n) is 4.09. The van der Waals surface area contributed by atoms with E-state index >= 15 is 0 Å². The molecule has 4 nitrogen and oxygen atoms in total. The highest BCUT2D eigenvalue weighted by Crippen LogP contribution is 2.23. The molecule has 0 aromatic rings. The molecule has 0 aromatic heterocycles. The summed E-state index contributed by atoms with van der Waals surface area (Å²) in [5.41, 5.74) is 0. The number of nitrogens with zero attached hydrogens (tertiary/aromatic N) is 1. The van der Waals surface area contributed by atoms with Crippen LogP contribution in [0.1, 0.15) is 65.2 Å². The van der Waals surface area contributed by atoms with Crippen molar-refractivity contribution in [3.8, 4) is 0 Å². The van der Waals surface area contributed by atoms with Crippen molar-refractivity contribution >= 4 is 5.91 Å². The van der Waals surface area contributed by atoms with E-state index in [2.05, 4.69) is 29.4 Å². The Balaban J connectivity index is 1.89. The van der Waals surface area contributed by atoms with Gasteiger partial charge in [0.15, 0.2) is 0 Å². The SMILES string of the molecule is CNC(=O)[C@@H]1C[C@@H](NC2CCCCCCC2)CN1CC(C)C. The van der Waals surface area contributed by atoms with Crippen molar-refractivity contribution < 1.29 is 4.79 Å². The van der Waals surface area contributed by atoms with E-state index < -0.39 is 0 Å². The molecule has 0 unspecified atom stereocenters. The van der Waals surface area contributed by atoms with Gasteiger partial charge in [0, 0.05) is 32.2 Å². The van der Waals surface area contributed by atoms with Crippen LogP contribution in [0, 0.1) is 5.92 Å². The minimum absolute atomic E-state index is 0.0541. The molecule has 1 aliphatic heterocycles. The van der Waals surface area contributed by atoms with Gasteiger partial charge in [0.25, 0.3) is 0 Å². The fourth-order valence-corrected chi connectivity index (χ4v) is 4.09. The van der Waals surface area contributed by atoms with E-state index in [0.29, 0.717) is 18.0 Å². The fraction of sp³-hybridized carbons (Fsp3) is 0.944. The van der Waals surface area contributed by atoms with Gasteiger partial charge >= 0.3 is 0 Å². The molecule has 0 spiro atoms. The minimum atomic E-state index is 0.0541. The van der Waals surface area contributed by atoms with Crippen molar-refractivity contribution in [2.45, 2.75) is 83.3 Å². The lowest BCUT2D eigenvalue weighted by molar-refractivity contribution is -0.125. The lowest BCUT2D eigenvalue weighted by atomic mass is 9.96. The summed E-state index contributed by atoms with van der Waals surface area (Å²) in [7, 11) is 1.76. The lowest BCUT2D eigenvalue weighted by Crippen LogP contribution is -2.43. The Kier molecular flexibility index (Phi) is 7.16. The van der Waals surface area contributed by atoms with Gasteiger partial charge in [-0.25, -0.2) is 0 Å². The van der Waals surface area contributed by atoms with Gasteiger partial charge in [0.1, 0.15) is 0 Å². The Bertz CT molecular complexity index is 337. The van der Waals surface area contributed by atoms with Crippen LogP contribution in [-0.4, -0.2) is 49.1 Å². The zero-order chi connectivity index (χ0) is 15.9. The molecule has 1 amide bonds. The van der Waals surface area contributed by atoms with E-state index in [9.17, 15) is 4.79 Å². The zero-order valence-electron chi connectivity index (χ0n) is 14.7. The van der Waals surface area contributed by atoms with Crippen molar-refractivity contribution in [1.82, 2.24) is 15.5 Å². The topological polar surface area (TPSA) is 44.4 Å². The average molecular weight is 309 g/mol. The summed E-state index contributed by atoms with van der Waals surface area (Å²) in [6.07, 6.45) is 10.5. The van der Waals surface area contributed by atoms with Crippen LogP contribution >= 0.6 is 0 Å². The smallest absolute Gasteiger partial charge is 0.237 e. The lowest BCUT2D eigenvalue weighted by Gasteiger charge is -2.26. The predicted octanol–water partition coefficient (Wildman–Crippen LogP) is 2.53. The van der Waals surface area contributed by atoms with Gasteiger partial charge in [0.2, 0.25) is 5.91 Å². The first-order valence-electron chi connectivity index (χ1n) is 9.31. The molecule has 2 atom stereocenters. The van der Waals surface area contributed by atoms with Crippen LogP contribution in [0.4, 0.5) is 0 Å². The van der Waals surface area contributed by atoms with Crippen LogP contribution < -0.4 is 10.6 Å². The van der Waals surface area contributed by atoms with E-state index in [4.69, 9.17) is 0 Å². The number of likely N-dealkylation sites (tertiary alicyclic amines) is 1. The molecule has 2 fully saturated rings. The third-order valence-corrected chi connectivity index (χ3v) is 5.13. The molecule has 1 heterocycles. The molecular formula is C18H35N3O. The number of hydrogen-bond donors (Lipinski definition) is 2. The zero-order valence-corrected chi connectivity index (χ0v) is 14.7. The van der Waals surface area contributed by atoms with Gasteiger partial charge in [-0.1, -0.05) is 46.0 Å². The van der Waals surface area contributed by atoms with Gasteiger partial charge in [-0.2, -0.15) is 0 Å². The number of carbonyl (C=O) groups is 1. The summed E-state index contributed by atoms with van der Waals surface area (Å²) in [5.74, 6) is 0.787. The maximum atomic E-state index is 12.2. The maximum Gasteiger partial charge on any atom is 0.237 e. The number of amides is 1. The van der Waals surface area contributed by atoms with Crippen molar-refractivity contribution in [3.05, 3.63) is 0 Å². The van der Waals surface area contributed by atoms with Gasteiger partial charge in [0.05, 0.1) is 6.04 Å². The summed E-state index contributed by atoms with van der Waals surface area (Å²) in [6.45, 7) is 6.50. The van der Waals surface area contributed by atoms with Gasteiger partial charge < -0.3 is 10.6 Å². The number of hydrogen-bond acceptors (Lipinski definition) is 3. The molecule has 4 heteroatoms. The summed E-state index contributed by atoms with van der Waals surface area (Å²) >= 11 is 0. The van der Waals surface area contributed by atoms with Crippen LogP contribution in [0.2, 0.25) is 0 Å². The highest BCUT2D eigenvalue weighted by molar-refractivity contribution is 5.81. The molecule has 0 aromatic carbocycles. The Morgan fingerprint density at radius 3 is 2.32 bits per heavy atom. The molecule has 0 radical (unpaired) electrons. The molecule has 128 valence electrons. The molecule has 1 saturated heterocycles. The number of nitrogens with one attached hydrogen (secondary N) is 2. The van der Waals surface area contributed by atoms with Crippen LogP contribution in [0.25, 0.3) is 0 Å². The first-order chi connectivity index (χ1) is 10.6. The summed E-state index contributed by atoms with van der Waals surface area (Å²) in [5, 5.41) is 6.72. The van der Waals surface area contributed by atoms with Crippen LogP contribution in [-0.2, 0) is 4.79 Å². The predicted molar refractivity (Wildman–Crippen MR) is 91.9 cm³/mol. The Morgan fingerprint density at radius 2 is 1.73 bits per heavy atom. The minimum Gasteiger partial charge on any atom is -0.358 e. The third-order valence-electron chi connectivity index (χ3n) is 5.13. The highest BCUT2D eigenvalue weighted by atomic mass is 16.2. The van der Waals surface area contributed by atoms with E-state index in [1.54, 1.807) is 7.05 Å².